The van der Waals surface area contributed by atoms with E-state index in [-0.39, 0.29) is 7.43 Å². The Hall–Kier alpha value is -5.40. The van der Waals surface area contributed by atoms with Gasteiger partial charge in [0.05, 0.1) is 0 Å². The zero-order valence-electron chi connectivity index (χ0n) is 29.1. The van der Waals surface area contributed by atoms with Crippen molar-refractivity contribution in [3.05, 3.63) is 169 Å². The minimum atomic E-state index is 0. The average molecular weight is 643 g/mol. The predicted molar refractivity (Wildman–Crippen MR) is 220 cm³/mol. The molecule has 0 saturated heterocycles. The van der Waals surface area contributed by atoms with Crippen LogP contribution in [0.25, 0.3) is 65.0 Å². The molecule has 0 fully saturated rings. The van der Waals surface area contributed by atoms with Gasteiger partial charge in [0.2, 0.25) is 0 Å². The summed E-state index contributed by atoms with van der Waals surface area (Å²) in [5.41, 5.74) is 4.79. The second-order valence-corrected chi connectivity index (χ2v) is 11.2. The number of para-hydroxylation sites is 1. The van der Waals surface area contributed by atoms with E-state index in [9.17, 15) is 0 Å². The van der Waals surface area contributed by atoms with Crippen molar-refractivity contribution in [3.8, 4) is 0 Å². The Bertz CT molecular complexity index is 2260. The monoisotopic (exact) mass is 642 g/mol. The van der Waals surface area contributed by atoms with Gasteiger partial charge in [-0.1, -0.05) is 188 Å². The van der Waals surface area contributed by atoms with E-state index in [0.29, 0.717) is 0 Å². The Kier molecular flexibility index (Phi) is 13.1. The molecule has 0 amide bonds. The van der Waals surface area contributed by atoms with Crippen LogP contribution in [0.4, 0.5) is 0 Å². The van der Waals surface area contributed by atoms with Crippen LogP contribution in [0.15, 0.2) is 162 Å². The quantitative estimate of drug-likeness (QED) is 0.162. The lowest BCUT2D eigenvalue weighted by atomic mass is 9.91. The van der Waals surface area contributed by atoms with Crippen LogP contribution >= 0.6 is 0 Å². The first-order chi connectivity index (χ1) is 23.7. The molecule has 9 aromatic rings. The summed E-state index contributed by atoms with van der Waals surface area (Å²) >= 11 is 0. The van der Waals surface area contributed by atoms with Crippen LogP contribution in [-0.4, -0.2) is 0 Å². The molecule has 49 heavy (non-hydrogen) atoms. The third-order valence-corrected chi connectivity index (χ3v) is 8.59. The molecule has 0 radical (unpaired) electrons. The van der Waals surface area contributed by atoms with Crippen LogP contribution in [0, 0.1) is 6.92 Å². The third kappa shape index (κ3) is 7.68. The number of furan rings is 1. The molecular formula is C48H50O. The standard InChI is InChI=1S/C17H16.C16H10O.C10H8.2C2H6.CH4/c1-3-13-16-10-6-4-8-14(16)12(2)15-9-5-7-11-17(13)15;1-2-6-12-11(5-1)9-10-15-16(12)13-7-3-4-8-14(13)17-15;1-2-6-10-8-4-3-7-9(10)5-1;2*1-2;/h4-11H,3H2,1-2H3;1-10H;1-8H;2*1-2H3;1H4. The molecule has 1 heteroatoms. The molecule has 0 bridgehead atoms. The van der Waals surface area contributed by atoms with Gasteiger partial charge in [0.15, 0.2) is 0 Å². The van der Waals surface area contributed by atoms with Gasteiger partial charge in [-0.05, 0) is 79.7 Å². The van der Waals surface area contributed by atoms with Crippen LogP contribution in [0.1, 0.15) is 53.2 Å². The number of rotatable bonds is 1. The molecule has 0 atom stereocenters. The number of hydrogen-bond acceptors (Lipinski definition) is 1. The molecule has 248 valence electrons. The van der Waals surface area contributed by atoms with Crippen molar-refractivity contribution in [1.82, 2.24) is 0 Å². The van der Waals surface area contributed by atoms with Crippen LogP contribution < -0.4 is 0 Å². The maximum atomic E-state index is 5.86. The lowest BCUT2D eigenvalue weighted by Crippen LogP contribution is -1.90. The second kappa shape index (κ2) is 17.7. The van der Waals surface area contributed by atoms with Crippen molar-refractivity contribution in [3.63, 3.8) is 0 Å². The van der Waals surface area contributed by atoms with Crippen molar-refractivity contribution in [2.45, 2.75) is 55.4 Å². The lowest BCUT2D eigenvalue weighted by molar-refractivity contribution is 0.669. The average Bonchev–Trinajstić information content (AvgIpc) is 3.57. The molecule has 1 aromatic heterocycles. The van der Waals surface area contributed by atoms with Crippen LogP contribution in [0.2, 0.25) is 0 Å². The normalized spacial score (nSPS) is 10.2. The molecule has 1 nitrogen and oxygen atoms in total. The van der Waals surface area contributed by atoms with Gasteiger partial charge in [0.1, 0.15) is 11.2 Å². The van der Waals surface area contributed by atoms with Gasteiger partial charge in [-0.3, -0.25) is 0 Å². The number of fused-ring (bicyclic) bond motifs is 8. The zero-order valence-corrected chi connectivity index (χ0v) is 29.1. The Morgan fingerprint density at radius 2 is 0.776 bits per heavy atom. The fraction of sp³-hybridized carbons (Fsp3) is 0.167. The summed E-state index contributed by atoms with van der Waals surface area (Å²) in [6.07, 6.45) is 1.08. The third-order valence-electron chi connectivity index (χ3n) is 8.59. The SMILES string of the molecule is C.CC.CC.CCc1c2ccccc2c(C)c2ccccc12.c1ccc2c(c1)ccc1oc3ccccc3c12.c1ccc2ccccc2c1. The fourth-order valence-corrected chi connectivity index (χ4v) is 6.45. The lowest BCUT2D eigenvalue weighted by Gasteiger charge is -2.13. The first-order valence-corrected chi connectivity index (χ1v) is 17.3. The van der Waals surface area contributed by atoms with E-state index in [1.54, 1.807) is 0 Å². The number of benzene rings is 8. The summed E-state index contributed by atoms with van der Waals surface area (Å²) in [5, 5.41) is 13.2. The van der Waals surface area contributed by atoms with Gasteiger partial charge in [0, 0.05) is 10.8 Å². The Labute approximate surface area is 292 Å². The van der Waals surface area contributed by atoms with Gasteiger partial charge in [-0.2, -0.15) is 0 Å². The van der Waals surface area contributed by atoms with E-state index in [4.69, 9.17) is 4.42 Å². The molecule has 0 saturated carbocycles. The molecule has 0 unspecified atom stereocenters. The Morgan fingerprint density at radius 3 is 1.27 bits per heavy atom. The summed E-state index contributed by atoms with van der Waals surface area (Å²) in [5.74, 6) is 0. The van der Waals surface area contributed by atoms with E-state index in [1.807, 2.05) is 39.8 Å². The Morgan fingerprint density at radius 1 is 0.388 bits per heavy atom. The molecular weight excluding hydrogens is 593 g/mol. The highest BCUT2D eigenvalue weighted by Gasteiger charge is 2.10. The first kappa shape index (κ1) is 36.4. The van der Waals surface area contributed by atoms with Gasteiger partial charge in [-0.25, -0.2) is 0 Å². The summed E-state index contributed by atoms with van der Waals surface area (Å²) in [7, 11) is 0. The molecule has 0 aliphatic rings. The molecule has 0 N–H and O–H groups in total. The highest BCUT2D eigenvalue weighted by molar-refractivity contribution is 6.18. The topological polar surface area (TPSA) is 13.1 Å². The van der Waals surface area contributed by atoms with Crippen molar-refractivity contribution in [1.29, 1.82) is 0 Å². The summed E-state index contributed by atoms with van der Waals surface area (Å²) in [6.45, 7) is 12.5. The van der Waals surface area contributed by atoms with Crippen molar-refractivity contribution in [2.24, 2.45) is 0 Å². The van der Waals surface area contributed by atoms with E-state index in [0.717, 1.165) is 17.6 Å². The van der Waals surface area contributed by atoms with Crippen molar-refractivity contribution >= 4 is 65.0 Å². The summed E-state index contributed by atoms with van der Waals surface area (Å²) in [4.78, 5) is 0. The number of hydrogen-bond donors (Lipinski definition) is 0. The maximum absolute atomic E-state index is 5.86. The maximum Gasteiger partial charge on any atom is 0.136 e. The summed E-state index contributed by atoms with van der Waals surface area (Å²) < 4.78 is 5.86. The highest BCUT2D eigenvalue weighted by Crippen LogP contribution is 2.34. The van der Waals surface area contributed by atoms with Gasteiger partial charge < -0.3 is 4.42 Å². The fourth-order valence-electron chi connectivity index (χ4n) is 6.45. The predicted octanol–water partition coefficient (Wildman–Crippen LogP) is 15.1. The molecule has 0 aliphatic heterocycles. The van der Waals surface area contributed by atoms with E-state index >= 15 is 0 Å². The van der Waals surface area contributed by atoms with E-state index in [2.05, 4.69) is 159 Å². The minimum Gasteiger partial charge on any atom is -0.456 e. The highest BCUT2D eigenvalue weighted by atomic mass is 16.3. The molecule has 8 aromatic carbocycles. The molecule has 0 aliphatic carbocycles. The number of aryl methyl sites for hydroxylation is 2. The van der Waals surface area contributed by atoms with Gasteiger partial charge in [0.25, 0.3) is 0 Å². The van der Waals surface area contributed by atoms with Gasteiger partial charge in [-0.15, -0.1) is 0 Å². The van der Waals surface area contributed by atoms with Crippen molar-refractivity contribution in [2.75, 3.05) is 0 Å². The van der Waals surface area contributed by atoms with Crippen molar-refractivity contribution < 1.29 is 4.42 Å². The van der Waals surface area contributed by atoms with Crippen LogP contribution in [0.5, 0.6) is 0 Å². The first-order valence-electron chi connectivity index (χ1n) is 17.3. The zero-order chi connectivity index (χ0) is 33.9. The molecule has 9 rings (SSSR count). The summed E-state index contributed by atoms with van der Waals surface area (Å²) in [6, 6.07) is 55.0. The van der Waals surface area contributed by atoms with Crippen LogP contribution in [-0.2, 0) is 6.42 Å². The van der Waals surface area contributed by atoms with Crippen LogP contribution in [0.3, 0.4) is 0 Å². The largest absolute Gasteiger partial charge is 0.456 e. The minimum absolute atomic E-state index is 0. The molecule has 0 spiro atoms. The molecule has 1 heterocycles. The smallest absolute Gasteiger partial charge is 0.136 e. The van der Waals surface area contributed by atoms with Gasteiger partial charge >= 0.3 is 0 Å². The van der Waals surface area contributed by atoms with E-state index in [1.165, 1.54) is 65.0 Å². The van der Waals surface area contributed by atoms with E-state index < -0.39 is 0 Å². The Balaban J connectivity index is 0.000000161. The second-order valence-electron chi connectivity index (χ2n) is 11.2.